The fourth-order valence-electron chi connectivity index (χ4n) is 2.79. The Balaban J connectivity index is 2.49. The Kier molecular flexibility index (Phi) is 3.89. The van der Waals surface area contributed by atoms with Crippen molar-refractivity contribution in [1.82, 2.24) is 4.90 Å². The van der Waals surface area contributed by atoms with Crippen molar-refractivity contribution in [3.8, 4) is 0 Å². The largest absolute Gasteiger partial charge is 0.391 e. The van der Waals surface area contributed by atoms with Gasteiger partial charge in [-0.2, -0.15) is 0 Å². The number of hydrogen-bond acceptors (Lipinski definition) is 3. The van der Waals surface area contributed by atoms with Crippen molar-refractivity contribution < 1.29 is 9.59 Å². The van der Waals surface area contributed by atoms with Crippen LogP contribution in [0.2, 0.25) is 0 Å². The fraction of sp³-hybridized carbons (Fsp3) is 0.438. The van der Waals surface area contributed by atoms with E-state index in [1.165, 1.54) is 4.90 Å². The van der Waals surface area contributed by atoms with Crippen LogP contribution in [0.25, 0.3) is 0 Å². The summed E-state index contributed by atoms with van der Waals surface area (Å²) in [5, 5.41) is 0. The van der Waals surface area contributed by atoms with Gasteiger partial charge in [0.15, 0.2) is 0 Å². The summed E-state index contributed by atoms with van der Waals surface area (Å²) in [6.07, 6.45) is 0.652. The summed E-state index contributed by atoms with van der Waals surface area (Å²) in [4.78, 5) is 26.8. The van der Waals surface area contributed by atoms with Crippen LogP contribution in [-0.2, 0) is 15.0 Å². The Labute approximate surface area is 130 Å². The van der Waals surface area contributed by atoms with E-state index in [-0.39, 0.29) is 23.2 Å². The monoisotopic (exact) mass is 304 g/mol. The molecule has 5 heteroatoms. The summed E-state index contributed by atoms with van der Waals surface area (Å²) in [6.45, 7) is 5.43. The van der Waals surface area contributed by atoms with Crippen LogP contribution in [-0.4, -0.2) is 27.2 Å². The second-order valence-electron chi connectivity index (χ2n) is 5.90. The summed E-state index contributed by atoms with van der Waals surface area (Å²) in [5.41, 5.74) is 4.88. The van der Waals surface area contributed by atoms with Gasteiger partial charge in [-0.3, -0.25) is 14.5 Å². The quantitative estimate of drug-likeness (QED) is 0.684. The maximum atomic E-state index is 12.9. The predicted molar refractivity (Wildman–Crippen MR) is 85.7 cm³/mol. The van der Waals surface area contributed by atoms with Gasteiger partial charge in [0.2, 0.25) is 11.8 Å². The zero-order valence-electron chi connectivity index (χ0n) is 12.6. The molecule has 0 aromatic heterocycles. The van der Waals surface area contributed by atoms with Gasteiger partial charge in [0.05, 0.1) is 15.9 Å². The van der Waals surface area contributed by atoms with Crippen LogP contribution in [0.5, 0.6) is 0 Å². The average molecular weight is 304 g/mol. The van der Waals surface area contributed by atoms with Crippen LogP contribution >= 0.6 is 12.2 Å². The van der Waals surface area contributed by atoms with Crippen LogP contribution in [0.3, 0.4) is 0 Å². The minimum absolute atomic E-state index is 0.147. The molecule has 2 unspecified atom stereocenters. The highest BCUT2D eigenvalue weighted by Gasteiger charge is 2.55. The van der Waals surface area contributed by atoms with Gasteiger partial charge in [-0.05, 0) is 25.8 Å². The number of carbonyl (C=O) groups is 2. The number of benzene rings is 1. The van der Waals surface area contributed by atoms with Crippen molar-refractivity contribution in [1.29, 1.82) is 0 Å². The lowest BCUT2D eigenvalue weighted by molar-refractivity contribution is -0.144. The molecule has 4 nitrogen and oxygen atoms in total. The lowest BCUT2D eigenvalue weighted by atomic mass is 9.81. The highest BCUT2D eigenvalue weighted by molar-refractivity contribution is 7.80. The molecule has 1 heterocycles. The second kappa shape index (κ2) is 5.22. The van der Waals surface area contributed by atoms with Crippen LogP contribution in [0.4, 0.5) is 0 Å². The summed E-state index contributed by atoms with van der Waals surface area (Å²) < 4.78 is 0. The van der Waals surface area contributed by atoms with Crippen LogP contribution in [0.15, 0.2) is 30.3 Å². The third-order valence-corrected chi connectivity index (χ3v) is 4.99. The zero-order chi connectivity index (χ0) is 15.8. The molecule has 1 aromatic carbocycles. The fourth-order valence-corrected chi connectivity index (χ4v) is 3.03. The minimum atomic E-state index is -0.907. The van der Waals surface area contributed by atoms with E-state index in [1.807, 2.05) is 37.3 Å². The predicted octanol–water partition coefficient (Wildman–Crippen LogP) is 2.16. The van der Waals surface area contributed by atoms with Gasteiger partial charge in [0.25, 0.3) is 0 Å². The Hall–Kier alpha value is -1.75. The molecule has 0 bridgehead atoms. The first-order valence-electron chi connectivity index (χ1n) is 7.00. The number of carbonyl (C=O) groups excluding carboxylic acids is 2. The third kappa shape index (κ3) is 2.25. The van der Waals surface area contributed by atoms with E-state index in [1.54, 1.807) is 13.8 Å². The number of hydrogen-bond donors (Lipinski definition) is 1. The summed E-state index contributed by atoms with van der Waals surface area (Å²) in [5.74, 6) is -0.445. The molecule has 2 atom stereocenters. The molecule has 0 radical (unpaired) electrons. The molecular formula is C16H20N2O2S. The Bertz CT molecular complexity index is 602. The van der Waals surface area contributed by atoms with Gasteiger partial charge >= 0.3 is 0 Å². The van der Waals surface area contributed by atoms with Crippen molar-refractivity contribution in [2.75, 3.05) is 0 Å². The van der Waals surface area contributed by atoms with Crippen molar-refractivity contribution in [3.05, 3.63) is 35.9 Å². The van der Waals surface area contributed by atoms with Crippen LogP contribution in [0, 0.1) is 0 Å². The molecule has 0 aliphatic carbocycles. The van der Waals surface area contributed by atoms with E-state index >= 15 is 0 Å². The molecule has 1 fully saturated rings. The summed E-state index contributed by atoms with van der Waals surface area (Å²) in [6, 6.07) is 9.37. The third-order valence-electron chi connectivity index (χ3n) is 4.55. The molecule has 1 aliphatic heterocycles. The number of rotatable bonds is 4. The highest BCUT2D eigenvalue weighted by atomic mass is 32.1. The molecule has 1 saturated heterocycles. The molecule has 1 aliphatic rings. The summed E-state index contributed by atoms with van der Waals surface area (Å²) >= 11 is 5.10. The maximum Gasteiger partial charge on any atom is 0.240 e. The second-order valence-corrected chi connectivity index (χ2v) is 6.34. The highest BCUT2D eigenvalue weighted by Crippen LogP contribution is 2.40. The van der Waals surface area contributed by atoms with E-state index in [4.69, 9.17) is 18.0 Å². The van der Waals surface area contributed by atoms with Crippen LogP contribution in [0.1, 0.15) is 39.2 Å². The SMILES string of the molecule is CCC(C)(C(N)=S)N1C(=O)CC(C)(c2ccccc2)C1=O. The molecule has 2 N–H and O–H groups in total. The molecule has 21 heavy (non-hydrogen) atoms. The van der Waals surface area contributed by atoms with E-state index in [9.17, 15) is 9.59 Å². The first kappa shape index (κ1) is 15.6. The number of nitrogens with two attached hydrogens (primary N) is 1. The molecule has 112 valence electrons. The van der Waals surface area contributed by atoms with Gasteiger partial charge in [0.1, 0.15) is 0 Å². The van der Waals surface area contributed by atoms with Gasteiger partial charge in [-0.1, -0.05) is 49.5 Å². The molecule has 0 saturated carbocycles. The van der Waals surface area contributed by atoms with E-state index in [0.29, 0.717) is 6.42 Å². The summed E-state index contributed by atoms with van der Waals surface area (Å²) in [7, 11) is 0. The minimum Gasteiger partial charge on any atom is -0.391 e. The van der Waals surface area contributed by atoms with Gasteiger partial charge in [0, 0.05) is 6.42 Å². The lowest BCUT2D eigenvalue weighted by Crippen LogP contribution is -2.57. The zero-order valence-corrected chi connectivity index (χ0v) is 13.4. The van der Waals surface area contributed by atoms with Gasteiger partial charge < -0.3 is 5.73 Å². The number of amides is 2. The standard InChI is InChI=1S/C16H20N2O2S/c1-4-16(3,13(17)21)18-12(19)10-15(2,14(18)20)11-8-6-5-7-9-11/h5-9H,4,10H2,1-3H3,(H2,17,21). The average Bonchev–Trinajstić information content (AvgIpc) is 2.70. The number of likely N-dealkylation sites (tertiary alicyclic amines) is 1. The van der Waals surface area contributed by atoms with Crippen molar-refractivity contribution in [2.45, 2.75) is 44.6 Å². The van der Waals surface area contributed by atoms with E-state index in [2.05, 4.69) is 0 Å². The Morgan fingerprint density at radius 1 is 1.38 bits per heavy atom. The normalized spacial score (nSPS) is 25.0. The van der Waals surface area contributed by atoms with E-state index < -0.39 is 11.0 Å². The molecule has 0 spiro atoms. The van der Waals surface area contributed by atoms with Gasteiger partial charge in [-0.25, -0.2) is 0 Å². The van der Waals surface area contributed by atoms with Crippen molar-refractivity contribution in [2.24, 2.45) is 5.73 Å². The first-order chi connectivity index (χ1) is 9.77. The first-order valence-corrected chi connectivity index (χ1v) is 7.41. The van der Waals surface area contributed by atoms with E-state index in [0.717, 1.165) is 5.56 Å². The lowest BCUT2D eigenvalue weighted by Gasteiger charge is -2.36. The topological polar surface area (TPSA) is 63.4 Å². The smallest absolute Gasteiger partial charge is 0.240 e. The van der Waals surface area contributed by atoms with Crippen molar-refractivity contribution >= 4 is 29.0 Å². The number of nitrogens with zero attached hydrogens (tertiary/aromatic N) is 1. The van der Waals surface area contributed by atoms with Crippen LogP contribution < -0.4 is 5.73 Å². The Morgan fingerprint density at radius 3 is 2.43 bits per heavy atom. The molecule has 2 rings (SSSR count). The molecule has 2 amide bonds. The van der Waals surface area contributed by atoms with Gasteiger partial charge in [-0.15, -0.1) is 0 Å². The molecular weight excluding hydrogens is 284 g/mol. The maximum absolute atomic E-state index is 12.9. The van der Waals surface area contributed by atoms with Crippen molar-refractivity contribution in [3.63, 3.8) is 0 Å². The number of thiocarbonyl (C=S) groups is 1. The molecule has 1 aromatic rings. The number of imide groups is 1. The Morgan fingerprint density at radius 2 is 1.95 bits per heavy atom.